The van der Waals surface area contributed by atoms with Crippen LogP contribution >= 0.6 is 11.3 Å². The molecular formula is C16H12N4OS. The van der Waals surface area contributed by atoms with Gasteiger partial charge in [-0.2, -0.15) is 0 Å². The number of aromatic nitrogens is 3. The molecule has 0 aliphatic carbocycles. The standard InChI is InChI=1S/C16H12N4OS/c1-2-7-17-11(4-1)10-18-16-19-12-6-9-22-15(12)14(20-16)13-5-3-8-21-13/h1-9H,10H2,(H,18,19,20). The van der Waals surface area contributed by atoms with Crippen LogP contribution in [0.4, 0.5) is 5.95 Å². The highest BCUT2D eigenvalue weighted by atomic mass is 32.1. The van der Waals surface area contributed by atoms with Gasteiger partial charge in [-0.05, 0) is 35.7 Å². The topological polar surface area (TPSA) is 63.8 Å². The number of hydrogen-bond acceptors (Lipinski definition) is 6. The van der Waals surface area contributed by atoms with E-state index in [4.69, 9.17) is 4.42 Å². The number of thiophene rings is 1. The normalized spacial score (nSPS) is 10.9. The maximum absolute atomic E-state index is 5.49. The number of nitrogens with one attached hydrogen (secondary N) is 1. The molecule has 0 unspecified atom stereocenters. The van der Waals surface area contributed by atoms with E-state index in [1.165, 1.54) is 0 Å². The molecule has 5 nitrogen and oxygen atoms in total. The van der Waals surface area contributed by atoms with E-state index in [2.05, 4.69) is 20.3 Å². The monoisotopic (exact) mass is 308 g/mol. The van der Waals surface area contributed by atoms with E-state index in [9.17, 15) is 0 Å². The van der Waals surface area contributed by atoms with E-state index in [1.54, 1.807) is 23.8 Å². The number of rotatable bonds is 4. The Bertz CT molecular complexity index is 887. The van der Waals surface area contributed by atoms with Gasteiger partial charge in [0.25, 0.3) is 0 Å². The summed E-state index contributed by atoms with van der Waals surface area (Å²) in [4.78, 5) is 13.4. The Kier molecular flexibility index (Phi) is 3.29. The Hall–Kier alpha value is -2.73. The van der Waals surface area contributed by atoms with Crippen molar-refractivity contribution in [3.8, 4) is 11.5 Å². The predicted octanol–water partition coefficient (Wildman–Crippen LogP) is 3.96. The quantitative estimate of drug-likeness (QED) is 0.618. The summed E-state index contributed by atoms with van der Waals surface area (Å²) in [6.45, 7) is 0.577. The van der Waals surface area contributed by atoms with Gasteiger partial charge in [-0.3, -0.25) is 4.98 Å². The number of fused-ring (bicyclic) bond motifs is 1. The van der Waals surface area contributed by atoms with Crippen molar-refractivity contribution in [1.82, 2.24) is 15.0 Å². The number of anilines is 1. The van der Waals surface area contributed by atoms with E-state index in [-0.39, 0.29) is 0 Å². The maximum Gasteiger partial charge on any atom is 0.224 e. The fourth-order valence-electron chi connectivity index (χ4n) is 2.20. The molecule has 0 spiro atoms. The molecule has 4 rings (SSSR count). The molecule has 0 saturated carbocycles. The van der Waals surface area contributed by atoms with Crippen molar-refractivity contribution < 1.29 is 4.42 Å². The Morgan fingerprint density at radius 2 is 2.09 bits per heavy atom. The van der Waals surface area contributed by atoms with Gasteiger partial charge in [-0.15, -0.1) is 11.3 Å². The SMILES string of the molecule is c1ccc(CNc2nc(-c3ccco3)c3sccc3n2)nc1. The fraction of sp³-hybridized carbons (Fsp3) is 0.0625. The molecule has 0 fully saturated rings. The van der Waals surface area contributed by atoms with Crippen LogP contribution in [0.25, 0.3) is 21.7 Å². The minimum Gasteiger partial charge on any atom is -0.463 e. The summed E-state index contributed by atoms with van der Waals surface area (Å²) < 4.78 is 6.52. The molecule has 0 radical (unpaired) electrons. The third-order valence-corrected chi connectivity index (χ3v) is 4.12. The smallest absolute Gasteiger partial charge is 0.224 e. The Balaban J connectivity index is 1.69. The second-order valence-corrected chi connectivity index (χ2v) is 5.60. The summed E-state index contributed by atoms with van der Waals surface area (Å²) >= 11 is 1.61. The summed E-state index contributed by atoms with van der Waals surface area (Å²) in [6.07, 6.45) is 3.42. The molecule has 0 aliphatic heterocycles. The highest BCUT2D eigenvalue weighted by Gasteiger charge is 2.13. The van der Waals surface area contributed by atoms with Crippen molar-refractivity contribution in [2.75, 3.05) is 5.32 Å². The number of pyridine rings is 1. The lowest BCUT2D eigenvalue weighted by Gasteiger charge is -2.06. The van der Waals surface area contributed by atoms with Gasteiger partial charge >= 0.3 is 0 Å². The van der Waals surface area contributed by atoms with Crippen molar-refractivity contribution in [3.63, 3.8) is 0 Å². The van der Waals surface area contributed by atoms with Gasteiger partial charge in [0.15, 0.2) is 5.76 Å². The molecule has 0 aliphatic rings. The number of nitrogens with zero attached hydrogens (tertiary/aromatic N) is 3. The van der Waals surface area contributed by atoms with Crippen LogP contribution in [-0.4, -0.2) is 15.0 Å². The van der Waals surface area contributed by atoms with Gasteiger partial charge < -0.3 is 9.73 Å². The average molecular weight is 308 g/mol. The third-order valence-electron chi connectivity index (χ3n) is 3.21. The van der Waals surface area contributed by atoms with Crippen LogP contribution in [0.1, 0.15) is 5.69 Å². The number of furan rings is 1. The first kappa shape index (κ1) is 13.0. The van der Waals surface area contributed by atoms with Crippen LogP contribution in [0.2, 0.25) is 0 Å². The molecule has 0 atom stereocenters. The molecule has 108 valence electrons. The van der Waals surface area contributed by atoms with Gasteiger partial charge in [-0.1, -0.05) is 6.07 Å². The Morgan fingerprint density at radius 1 is 1.09 bits per heavy atom. The lowest BCUT2D eigenvalue weighted by atomic mass is 10.3. The van der Waals surface area contributed by atoms with Gasteiger partial charge in [0.1, 0.15) is 5.69 Å². The highest BCUT2D eigenvalue weighted by molar-refractivity contribution is 7.17. The third kappa shape index (κ3) is 2.44. The van der Waals surface area contributed by atoms with Crippen LogP contribution in [0.3, 0.4) is 0 Å². The summed E-state index contributed by atoms with van der Waals surface area (Å²) in [7, 11) is 0. The molecule has 4 aromatic rings. The lowest BCUT2D eigenvalue weighted by molar-refractivity contribution is 0.581. The summed E-state index contributed by atoms with van der Waals surface area (Å²) in [6, 6.07) is 11.6. The van der Waals surface area contributed by atoms with Gasteiger partial charge in [0.05, 0.1) is 28.7 Å². The van der Waals surface area contributed by atoms with Crippen molar-refractivity contribution in [3.05, 3.63) is 59.9 Å². The zero-order valence-corrected chi connectivity index (χ0v) is 12.4. The van der Waals surface area contributed by atoms with E-state index in [1.807, 2.05) is 41.8 Å². The van der Waals surface area contributed by atoms with E-state index < -0.39 is 0 Å². The van der Waals surface area contributed by atoms with Crippen LogP contribution in [-0.2, 0) is 6.54 Å². The molecule has 1 N–H and O–H groups in total. The maximum atomic E-state index is 5.49. The minimum atomic E-state index is 0.572. The van der Waals surface area contributed by atoms with Crippen LogP contribution in [0, 0.1) is 0 Å². The van der Waals surface area contributed by atoms with Crippen molar-refractivity contribution >= 4 is 27.5 Å². The first-order valence-electron chi connectivity index (χ1n) is 6.83. The van der Waals surface area contributed by atoms with Gasteiger partial charge in [0, 0.05) is 6.20 Å². The number of hydrogen-bond donors (Lipinski definition) is 1. The van der Waals surface area contributed by atoms with Crippen LogP contribution in [0.15, 0.2) is 58.7 Å². The highest BCUT2D eigenvalue weighted by Crippen LogP contribution is 2.31. The summed E-state index contributed by atoms with van der Waals surface area (Å²) in [5, 5.41) is 5.23. The largest absolute Gasteiger partial charge is 0.463 e. The van der Waals surface area contributed by atoms with Crippen LogP contribution in [0.5, 0.6) is 0 Å². The second-order valence-electron chi connectivity index (χ2n) is 4.68. The minimum absolute atomic E-state index is 0.572. The molecule has 22 heavy (non-hydrogen) atoms. The van der Waals surface area contributed by atoms with E-state index >= 15 is 0 Å². The Morgan fingerprint density at radius 3 is 2.91 bits per heavy atom. The Labute approximate surface area is 130 Å². The predicted molar refractivity (Wildman–Crippen MR) is 86.7 cm³/mol. The fourth-order valence-corrected chi connectivity index (χ4v) is 3.02. The zero-order chi connectivity index (χ0) is 14.8. The molecule has 0 aromatic carbocycles. The van der Waals surface area contributed by atoms with Crippen LogP contribution < -0.4 is 5.32 Å². The zero-order valence-electron chi connectivity index (χ0n) is 11.6. The molecule has 4 heterocycles. The van der Waals surface area contributed by atoms with Crippen molar-refractivity contribution in [2.24, 2.45) is 0 Å². The average Bonchev–Trinajstić information content (AvgIpc) is 3.24. The summed E-state index contributed by atoms with van der Waals surface area (Å²) in [5.41, 5.74) is 2.67. The molecule has 6 heteroatoms. The molecule has 0 saturated heterocycles. The molecule has 4 aromatic heterocycles. The van der Waals surface area contributed by atoms with E-state index in [0.29, 0.717) is 12.5 Å². The molecule has 0 bridgehead atoms. The molecule has 0 amide bonds. The first-order valence-corrected chi connectivity index (χ1v) is 7.71. The lowest BCUT2D eigenvalue weighted by Crippen LogP contribution is -2.05. The summed E-state index contributed by atoms with van der Waals surface area (Å²) in [5.74, 6) is 1.32. The molecular weight excluding hydrogens is 296 g/mol. The first-order chi connectivity index (χ1) is 10.9. The van der Waals surface area contributed by atoms with E-state index in [0.717, 1.165) is 27.4 Å². The van der Waals surface area contributed by atoms with Crippen molar-refractivity contribution in [2.45, 2.75) is 6.54 Å². The van der Waals surface area contributed by atoms with Crippen molar-refractivity contribution in [1.29, 1.82) is 0 Å². The second kappa shape index (κ2) is 5.57. The van der Waals surface area contributed by atoms with Gasteiger partial charge in [-0.25, -0.2) is 9.97 Å². The van der Waals surface area contributed by atoms with Gasteiger partial charge in [0.2, 0.25) is 5.95 Å².